The van der Waals surface area contributed by atoms with Gasteiger partial charge in [-0.25, -0.2) is 13.4 Å². The Hall–Kier alpha value is -2.18. The molecule has 0 bridgehead atoms. The highest BCUT2D eigenvalue weighted by Crippen LogP contribution is 2.35. The van der Waals surface area contributed by atoms with E-state index in [1.54, 1.807) is 30.3 Å². The van der Waals surface area contributed by atoms with E-state index in [1.165, 1.54) is 11.3 Å². The van der Waals surface area contributed by atoms with Gasteiger partial charge in [0.05, 0.1) is 10.6 Å². The van der Waals surface area contributed by atoms with E-state index >= 15 is 0 Å². The summed E-state index contributed by atoms with van der Waals surface area (Å²) >= 11 is 1.41. The van der Waals surface area contributed by atoms with E-state index in [-0.39, 0.29) is 4.90 Å². The molecule has 0 aliphatic carbocycles. The Balaban J connectivity index is 2.01. The summed E-state index contributed by atoms with van der Waals surface area (Å²) in [6.07, 6.45) is 1.85. The van der Waals surface area contributed by atoms with Gasteiger partial charge < -0.3 is 0 Å². The van der Waals surface area contributed by atoms with Crippen molar-refractivity contribution in [2.24, 2.45) is 0 Å². The molecule has 3 aromatic rings. The molecule has 4 nitrogen and oxygen atoms in total. The van der Waals surface area contributed by atoms with Gasteiger partial charge in [-0.2, -0.15) is 0 Å². The minimum absolute atomic E-state index is 0.237. The molecule has 0 unspecified atom stereocenters. The Morgan fingerprint density at radius 2 is 1.81 bits per heavy atom. The SMILES string of the molecule is CCCc1sc(NS(=O)(=O)c2ccccc2)nc1-c1cc(C)ccc1C. The van der Waals surface area contributed by atoms with Crippen molar-refractivity contribution in [3.05, 3.63) is 64.5 Å². The van der Waals surface area contributed by atoms with Crippen LogP contribution < -0.4 is 4.72 Å². The summed E-state index contributed by atoms with van der Waals surface area (Å²) in [4.78, 5) is 5.98. The van der Waals surface area contributed by atoms with Crippen molar-refractivity contribution in [3.63, 3.8) is 0 Å². The molecule has 1 heterocycles. The zero-order valence-corrected chi connectivity index (χ0v) is 16.7. The van der Waals surface area contributed by atoms with Crippen LogP contribution in [0.3, 0.4) is 0 Å². The largest absolute Gasteiger partial charge is 0.263 e. The third kappa shape index (κ3) is 3.97. The Labute approximate surface area is 159 Å². The average Bonchev–Trinajstić information content (AvgIpc) is 2.99. The van der Waals surface area contributed by atoms with Crippen LogP contribution in [-0.4, -0.2) is 13.4 Å². The van der Waals surface area contributed by atoms with Gasteiger partial charge in [-0.15, -0.1) is 11.3 Å². The predicted octanol–water partition coefficient (Wildman–Crippen LogP) is 5.18. The number of nitrogens with zero attached hydrogens (tertiary/aromatic N) is 1. The molecule has 2 aromatic carbocycles. The standard InChI is InChI=1S/C20H22N2O2S2/c1-4-8-18-19(17-13-14(2)11-12-15(17)3)21-20(25-18)22-26(23,24)16-9-6-5-7-10-16/h5-7,9-13H,4,8H2,1-3H3,(H,21,22). The molecule has 0 aliphatic heterocycles. The third-order valence-corrected chi connectivity index (χ3v) is 6.61. The molecular formula is C20H22N2O2S2. The second-order valence-corrected chi connectivity index (χ2v) is 9.04. The molecule has 26 heavy (non-hydrogen) atoms. The molecule has 1 N–H and O–H groups in total. The summed E-state index contributed by atoms with van der Waals surface area (Å²) in [6.45, 7) is 6.21. The number of nitrogens with one attached hydrogen (secondary N) is 1. The number of hydrogen-bond acceptors (Lipinski definition) is 4. The average molecular weight is 387 g/mol. The van der Waals surface area contributed by atoms with Gasteiger partial charge in [-0.05, 0) is 44.0 Å². The highest BCUT2D eigenvalue weighted by atomic mass is 32.2. The lowest BCUT2D eigenvalue weighted by Gasteiger charge is -2.07. The molecule has 0 saturated carbocycles. The van der Waals surface area contributed by atoms with E-state index in [1.807, 2.05) is 6.92 Å². The molecule has 3 rings (SSSR count). The fourth-order valence-corrected chi connectivity index (χ4v) is 5.10. The number of thiazole rings is 1. The molecule has 1 aromatic heterocycles. The van der Waals surface area contributed by atoms with Crippen LogP contribution in [0.5, 0.6) is 0 Å². The van der Waals surface area contributed by atoms with Gasteiger partial charge in [0.25, 0.3) is 10.0 Å². The van der Waals surface area contributed by atoms with Gasteiger partial charge in [0, 0.05) is 10.4 Å². The fourth-order valence-electron chi connectivity index (χ4n) is 2.77. The summed E-state index contributed by atoms with van der Waals surface area (Å²) in [7, 11) is -3.63. The van der Waals surface area contributed by atoms with Gasteiger partial charge in [-0.3, -0.25) is 4.72 Å². The molecule has 0 atom stereocenters. The van der Waals surface area contributed by atoms with Crippen LogP contribution in [0.25, 0.3) is 11.3 Å². The van der Waals surface area contributed by atoms with Crippen molar-refractivity contribution in [2.75, 3.05) is 4.72 Å². The van der Waals surface area contributed by atoms with E-state index < -0.39 is 10.0 Å². The maximum atomic E-state index is 12.6. The quantitative estimate of drug-likeness (QED) is 0.635. The summed E-state index contributed by atoms with van der Waals surface area (Å²) in [5.41, 5.74) is 4.24. The van der Waals surface area contributed by atoms with E-state index in [0.29, 0.717) is 5.13 Å². The number of rotatable bonds is 6. The first-order valence-corrected chi connectivity index (χ1v) is 10.9. The summed E-state index contributed by atoms with van der Waals surface area (Å²) in [5.74, 6) is 0. The lowest BCUT2D eigenvalue weighted by molar-refractivity contribution is 0.601. The topological polar surface area (TPSA) is 59.1 Å². The van der Waals surface area contributed by atoms with Crippen molar-refractivity contribution < 1.29 is 8.42 Å². The van der Waals surface area contributed by atoms with Crippen molar-refractivity contribution in [3.8, 4) is 11.3 Å². The van der Waals surface area contributed by atoms with Crippen LogP contribution in [0.1, 0.15) is 29.3 Å². The highest BCUT2D eigenvalue weighted by Gasteiger charge is 2.19. The van der Waals surface area contributed by atoms with Crippen molar-refractivity contribution in [2.45, 2.75) is 38.5 Å². The summed E-state index contributed by atoms with van der Waals surface area (Å²) < 4.78 is 27.8. The van der Waals surface area contributed by atoms with Crippen molar-refractivity contribution in [1.82, 2.24) is 4.98 Å². The first-order chi connectivity index (χ1) is 12.4. The van der Waals surface area contributed by atoms with Gasteiger partial charge in [0.15, 0.2) is 5.13 Å². The summed E-state index contributed by atoms with van der Waals surface area (Å²) in [6, 6.07) is 14.6. The Kier molecular flexibility index (Phi) is 5.44. The molecule has 6 heteroatoms. The number of benzene rings is 2. The van der Waals surface area contributed by atoms with E-state index in [2.05, 4.69) is 41.8 Å². The Morgan fingerprint density at radius 1 is 1.08 bits per heavy atom. The maximum Gasteiger partial charge on any atom is 0.263 e. The number of sulfonamides is 1. The van der Waals surface area contributed by atoms with Gasteiger partial charge in [-0.1, -0.05) is 49.2 Å². The molecule has 0 saturated heterocycles. The van der Waals surface area contributed by atoms with Crippen molar-refractivity contribution in [1.29, 1.82) is 0 Å². The van der Waals surface area contributed by atoms with Crippen LogP contribution >= 0.6 is 11.3 Å². The van der Waals surface area contributed by atoms with E-state index in [4.69, 9.17) is 0 Å². The summed E-state index contributed by atoms with van der Waals surface area (Å²) in [5, 5.41) is 0.410. The van der Waals surface area contributed by atoms with Crippen LogP contribution in [-0.2, 0) is 16.4 Å². The fraction of sp³-hybridized carbons (Fsp3) is 0.250. The number of aromatic nitrogens is 1. The molecular weight excluding hydrogens is 364 g/mol. The zero-order valence-electron chi connectivity index (χ0n) is 15.1. The van der Waals surface area contributed by atoms with Gasteiger partial charge >= 0.3 is 0 Å². The Bertz CT molecular complexity index is 1010. The lowest BCUT2D eigenvalue weighted by atomic mass is 10.0. The first-order valence-electron chi connectivity index (χ1n) is 8.56. The van der Waals surface area contributed by atoms with Crippen LogP contribution in [0, 0.1) is 13.8 Å². The predicted molar refractivity (Wildman–Crippen MR) is 108 cm³/mol. The number of aryl methyl sites for hydroxylation is 3. The highest BCUT2D eigenvalue weighted by molar-refractivity contribution is 7.93. The van der Waals surface area contributed by atoms with Gasteiger partial charge in [0.2, 0.25) is 0 Å². The number of hydrogen-bond donors (Lipinski definition) is 1. The maximum absolute atomic E-state index is 12.6. The van der Waals surface area contributed by atoms with E-state index in [0.717, 1.165) is 40.1 Å². The molecule has 136 valence electrons. The third-order valence-electron chi connectivity index (χ3n) is 4.10. The molecule has 0 fully saturated rings. The van der Waals surface area contributed by atoms with Crippen LogP contribution in [0.15, 0.2) is 53.4 Å². The minimum Gasteiger partial charge on any atom is -0.255 e. The molecule has 0 radical (unpaired) electrons. The Morgan fingerprint density at radius 3 is 2.50 bits per heavy atom. The first kappa shape index (κ1) is 18.6. The molecule has 0 aliphatic rings. The second kappa shape index (κ2) is 7.60. The van der Waals surface area contributed by atoms with Gasteiger partial charge in [0.1, 0.15) is 0 Å². The molecule has 0 spiro atoms. The second-order valence-electron chi connectivity index (χ2n) is 6.28. The number of anilines is 1. The smallest absolute Gasteiger partial charge is 0.255 e. The minimum atomic E-state index is -3.63. The molecule has 0 amide bonds. The van der Waals surface area contributed by atoms with Crippen LogP contribution in [0.4, 0.5) is 5.13 Å². The van der Waals surface area contributed by atoms with Crippen molar-refractivity contribution >= 4 is 26.5 Å². The zero-order chi connectivity index (χ0) is 18.7. The monoisotopic (exact) mass is 386 g/mol. The van der Waals surface area contributed by atoms with E-state index in [9.17, 15) is 8.42 Å². The van der Waals surface area contributed by atoms with Crippen LogP contribution in [0.2, 0.25) is 0 Å². The lowest BCUT2D eigenvalue weighted by Crippen LogP contribution is -2.12. The normalized spacial score (nSPS) is 11.5.